The summed E-state index contributed by atoms with van der Waals surface area (Å²) in [5.41, 5.74) is 2.02. The Labute approximate surface area is 103 Å². The van der Waals surface area contributed by atoms with E-state index < -0.39 is 29.5 Å². The number of carbonyl (C=O) groups excluding carboxylic acids is 2. The second-order valence-corrected chi connectivity index (χ2v) is 4.31. The molecule has 0 rings (SSSR count). The van der Waals surface area contributed by atoms with Crippen molar-refractivity contribution in [2.75, 3.05) is 20.7 Å². The van der Waals surface area contributed by atoms with E-state index in [2.05, 4.69) is 4.74 Å². The molecular weight excluding hydrogens is 253 g/mol. The van der Waals surface area contributed by atoms with Crippen molar-refractivity contribution >= 4 is 11.9 Å². The fourth-order valence-corrected chi connectivity index (χ4v) is 1.29. The summed E-state index contributed by atoms with van der Waals surface area (Å²) in [6.07, 6.45) is -4.85. The number of halogens is 3. The van der Waals surface area contributed by atoms with Crippen molar-refractivity contribution in [2.24, 2.45) is 11.7 Å². The summed E-state index contributed by atoms with van der Waals surface area (Å²) >= 11 is 0. The minimum atomic E-state index is -4.85. The molecule has 5 nitrogen and oxygen atoms in total. The highest BCUT2D eigenvalue weighted by atomic mass is 19.4. The predicted octanol–water partition coefficient (Wildman–Crippen LogP) is 0.534. The molecule has 0 aromatic rings. The molecule has 0 bridgehead atoms. The maximum Gasteiger partial charge on any atom is 0.415 e. The van der Waals surface area contributed by atoms with Crippen LogP contribution < -0.4 is 5.73 Å². The maximum absolute atomic E-state index is 12.5. The van der Waals surface area contributed by atoms with Crippen molar-refractivity contribution in [1.29, 1.82) is 0 Å². The third-order valence-corrected chi connectivity index (χ3v) is 2.53. The Morgan fingerprint density at radius 2 is 1.83 bits per heavy atom. The molecule has 0 aliphatic rings. The summed E-state index contributed by atoms with van der Waals surface area (Å²) < 4.78 is 42.0. The first-order chi connectivity index (χ1) is 7.95. The molecule has 0 heterocycles. The molecule has 0 radical (unpaired) electrons. The highest BCUT2D eigenvalue weighted by molar-refractivity contribution is 5.87. The van der Waals surface area contributed by atoms with Crippen molar-refractivity contribution in [1.82, 2.24) is 4.90 Å². The van der Waals surface area contributed by atoms with Crippen LogP contribution in [0.1, 0.15) is 13.8 Å². The Morgan fingerprint density at radius 3 is 2.17 bits per heavy atom. The smallest absolute Gasteiger partial charge is 0.415 e. The molecule has 2 atom stereocenters. The maximum atomic E-state index is 12.5. The molecule has 0 aliphatic carbocycles. The molecule has 0 aromatic heterocycles. The van der Waals surface area contributed by atoms with Crippen LogP contribution in [0.5, 0.6) is 0 Å². The van der Waals surface area contributed by atoms with E-state index in [4.69, 9.17) is 5.73 Å². The molecule has 2 unspecified atom stereocenters. The number of hydrogen-bond acceptors (Lipinski definition) is 4. The van der Waals surface area contributed by atoms with Crippen LogP contribution >= 0.6 is 0 Å². The van der Waals surface area contributed by atoms with Gasteiger partial charge in [-0.25, -0.2) is 0 Å². The van der Waals surface area contributed by atoms with E-state index in [0.717, 1.165) is 19.1 Å². The normalized spacial score (nSPS) is 16.7. The number of ether oxygens (including phenoxy) is 1. The van der Waals surface area contributed by atoms with Gasteiger partial charge in [-0.3, -0.25) is 9.59 Å². The van der Waals surface area contributed by atoms with Gasteiger partial charge < -0.3 is 15.4 Å². The first-order valence-corrected chi connectivity index (χ1v) is 5.14. The number of hydrogen-bond donors (Lipinski definition) is 1. The van der Waals surface area contributed by atoms with Gasteiger partial charge in [0.1, 0.15) is 0 Å². The van der Waals surface area contributed by atoms with Crippen molar-refractivity contribution < 1.29 is 27.5 Å². The molecule has 1 amide bonds. The summed E-state index contributed by atoms with van der Waals surface area (Å²) in [6.45, 7) is 1.83. The molecule has 0 saturated carbocycles. The average molecular weight is 270 g/mol. The number of nitrogens with zero attached hydrogens (tertiary/aromatic N) is 1. The van der Waals surface area contributed by atoms with Gasteiger partial charge in [-0.15, -0.1) is 0 Å². The number of likely N-dealkylation sites (N-methyl/N-ethyl adjacent to an activating group) is 1. The van der Waals surface area contributed by atoms with Gasteiger partial charge in [0, 0.05) is 13.6 Å². The molecule has 18 heavy (non-hydrogen) atoms. The van der Waals surface area contributed by atoms with E-state index in [1.165, 1.54) is 6.92 Å². The Morgan fingerprint density at radius 1 is 1.39 bits per heavy atom. The SMILES string of the molecule is COC(=O)C(C)CN(C)C(=O)C(C)(N)C(F)(F)F. The number of alkyl halides is 3. The minimum Gasteiger partial charge on any atom is -0.469 e. The predicted molar refractivity (Wildman–Crippen MR) is 57.5 cm³/mol. The summed E-state index contributed by atoms with van der Waals surface area (Å²) in [5.74, 6) is -2.64. The lowest BCUT2D eigenvalue weighted by Gasteiger charge is -2.31. The zero-order valence-electron chi connectivity index (χ0n) is 10.7. The lowest BCUT2D eigenvalue weighted by atomic mass is 10.0. The Balaban J connectivity index is 4.77. The van der Waals surface area contributed by atoms with Gasteiger partial charge >= 0.3 is 12.1 Å². The summed E-state index contributed by atoms with van der Waals surface area (Å²) in [5, 5.41) is 0. The molecule has 0 aliphatic heterocycles. The van der Waals surface area contributed by atoms with Crippen LogP contribution in [0.2, 0.25) is 0 Å². The molecule has 0 fully saturated rings. The van der Waals surface area contributed by atoms with Gasteiger partial charge in [-0.05, 0) is 6.92 Å². The van der Waals surface area contributed by atoms with E-state index in [-0.39, 0.29) is 6.54 Å². The van der Waals surface area contributed by atoms with Crippen molar-refractivity contribution in [2.45, 2.75) is 25.6 Å². The van der Waals surface area contributed by atoms with Gasteiger partial charge in [0.05, 0.1) is 13.0 Å². The second-order valence-electron chi connectivity index (χ2n) is 4.31. The number of carbonyl (C=O) groups is 2. The van der Waals surface area contributed by atoms with Crippen LogP contribution in [0.4, 0.5) is 13.2 Å². The first-order valence-electron chi connectivity index (χ1n) is 5.14. The van der Waals surface area contributed by atoms with Crippen LogP contribution in [-0.2, 0) is 14.3 Å². The molecule has 0 aromatic carbocycles. The highest BCUT2D eigenvalue weighted by Gasteiger charge is 2.55. The van der Waals surface area contributed by atoms with Crippen LogP contribution in [-0.4, -0.2) is 49.2 Å². The number of rotatable bonds is 4. The van der Waals surface area contributed by atoms with Gasteiger partial charge in [-0.2, -0.15) is 13.2 Å². The standard InChI is InChI=1S/C10H17F3N2O3/c1-6(7(16)18-4)5-15(3)8(17)9(2,14)10(11,12)13/h6H,5,14H2,1-4H3. The summed E-state index contributed by atoms with van der Waals surface area (Å²) in [4.78, 5) is 23.5. The van der Waals surface area contributed by atoms with Crippen LogP contribution in [0, 0.1) is 5.92 Å². The van der Waals surface area contributed by atoms with E-state index in [1.807, 2.05) is 0 Å². The van der Waals surface area contributed by atoms with Crippen molar-refractivity contribution in [3.05, 3.63) is 0 Å². The first kappa shape index (κ1) is 16.7. The van der Waals surface area contributed by atoms with Gasteiger partial charge in [0.2, 0.25) is 0 Å². The zero-order chi connectivity index (χ0) is 14.7. The number of amides is 1. The molecular formula is C10H17F3N2O3. The number of methoxy groups -OCH3 is 1. The third kappa shape index (κ3) is 3.59. The fraction of sp³-hybridized carbons (Fsp3) is 0.800. The minimum absolute atomic E-state index is 0.200. The van der Waals surface area contributed by atoms with E-state index in [9.17, 15) is 22.8 Å². The Kier molecular flexibility index (Phi) is 5.15. The molecule has 106 valence electrons. The third-order valence-electron chi connectivity index (χ3n) is 2.53. The van der Waals surface area contributed by atoms with Gasteiger partial charge in [0.25, 0.3) is 5.91 Å². The van der Waals surface area contributed by atoms with Crippen molar-refractivity contribution in [3.8, 4) is 0 Å². The van der Waals surface area contributed by atoms with E-state index in [0.29, 0.717) is 6.92 Å². The van der Waals surface area contributed by atoms with Crippen LogP contribution in [0.15, 0.2) is 0 Å². The Hall–Kier alpha value is -1.31. The van der Waals surface area contributed by atoms with Gasteiger partial charge in [0.15, 0.2) is 5.54 Å². The largest absolute Gasteiger partial charge is 0.469 e. The topological polar surface area (TPSA) is 72.6 Å². The number of nitrogens with two attached hydrogens (primary N) is 1. The molecule has 0 spiro atoms. The lowest BCUT2D eigenvalue weighted by Crippen LogP contribution is -2.62. The fourth-order valence-electron chi connectivity index (χ4n) is 1.29. The molecule has 0 saturated heterocycles. The van der Waals surface area contributed by atoms with E-state index >= 15 is 0 Å². The average Bonchev–Trinajstić information content (AvgIpc) is 2.24. The van der Waals surface area contributed by atoms with E-state index in [1.54, 1.807) is 0 Å². The second kappa shape index (κ2) is 5.55. The zero-order valence-corrected chi connectivity index (χ0v) is 10.7. The summed E-state index contributed by atoms with van der Waals surface area (Å²) in [7, 11) is 2.31. The van der Waals surface area contributed by atoms with Gasteiger partial charge in [-0.1, -0.05) is 6.92 Å². The monoisotopic (exact) mass is 270 g/mol. The lowest BCUT2D eigenvalue weighted by molar-refractivity contribution is -0.193. The van der Waals surface area contributed by atoms with Crippen molar-refractivity contribution in [3.63, 3.8) is 0 Å². The highest BCUT2D eigenvalue weighted by Crippen LogP contribution is 2.29. The Bertz CT molecular complexity index is 329. The molecule has 8 heteroatoms. The van der Waals surface area contributed by atoms with Crippen LogP contribution in [0.3, 0.4) is 0 Å². The molecule has 2 N–H and O–H groups in total. The van der Waals surface area contributed by atoms with Crippen LogP contribution in [0.25, 0.3) is 0 Å². The summed E-state index contributed by atoms with van der Waals surface area (Å²) in [6, 6.07) is 0. The quantitative estimate of drug-likeness (QED) is 0.756. The number of esters is 1.